The normalized spacial score (nSPS) is 11.4. The van der Waals surface area contributed by atoms with Crippen LogP contribution in [0.2, 0.25) is 5.02 Å². The van der Waals surface area contributed by atoms with Gasteiger partial charge in [0.05, 0.1) is 17.8 Å². The Labute approximate surface area is 170 Å². The van der Waals surface area contributed by atoms with Crippen molar-refractivity contribution in [3.63, 3.8) is 0 Å². The minimum Gasteiger partial charge on any atom is -0.395 e. The van der Waals surface area contributed by atoms with Crippen molar-refractivity contribution in [2.75, 3.05) is 31.6 Å². The van der Waals surface area contributed by atoms with E-state index in [1.165, 1.54) is 0 Å². The first-order chi connectivity index (χ1) is 13.8. The van der Waals surface area contributed by atoms with Gasteiger partial charge in [0.15, 0.2) is 0 Å². The molecule has 1 aromatic carbocycles. The zero-order valence-corrected chi connectivity index (χ0v) is 16.5. The monoisotopic (exact) mass is 396 g/mol. The summed E-state index contributed by atoms with van der Waals surface area (Å²) in [5.74, 6) is 0. The van der Waals surface area contributed by atoms with E-state index in [4.69, 9.17) is 21.7 Å². The summed E-state index contributed by atoms with van der Waals surface area (Å²) in [6, 6.07) is 11.7. The van der Waals surface area contributed by atoms with Crippen molar-refractivity contribution in [3.8, 4) is 0 Å². The molecule has 0 radical (unpaired) electrons. The molecule has 3 N–H and O–H groups in total. The molecule has 0 saturated heterocycles. The molecule has 0 aliphatic carbocycles. The number of nitrogens with zero attached hydrogens (tertiary/aromatic N) is 2. The van der Waals surface area contributed by atoms with Gasteiger partial charge in [0.1, 0.15) is 0 Å². The van der Waals surface area contributed by atoms with Gasteiger partial charge in [-0.25, -0.2) is 4.98 Å². The Bertz CT molecular complexity index is 915. The lowest BCUT2D eigenvalue weighted by Crippen LogP contribution is -2.19. The zero-order valence-electron chi connectivity index (χ0n) is 15.7. The molecule has 0 atom stereocenters. The van der Waals surface area contributed by atoms with E-state index in [9.17, 15) is 0 Å². The van der Waals surface area contributed by atoms with Crippen LogP contribution in [-0.2, 0) is 0 Å². The molecule has 0 fully saturated rings. The first-order valence-electron chi connectivity index (χ1n) is 9.50. The van der Waals surface area contributed by atoms with Gasteiger partial charge in [-0.2, -0.15) is 0 Å². The van der Waals surface area contributed by atoms with Crippen molar-refractivity contribution in [1.82, 2.24) is 15.3 Å². The number of hydrogen-bond donors (Lipinski definition) is 3. The van der Waals surface area contributed by atoms with E-state index in [-0.39, 0.29) is 6.61 Å². The summed E-state index contributed by atoms with van der Waals surface area (Å²) in [6.45, 7) is 2.59. The van der Waals surface area contributed by atoms with Gasteiger partial charge in [-0.1, -0.05) is 17.7 Å². The maximum Gasteiger partial charge on any atom is 0.0731 e. The molecule has 0 spiro atoms. The summed E-state index contributed by atoms with van der Waals surface area (Å²) >= 11 is 6.20. The van der Waals surface area contributed by atoms with Crippen LogP contribution < -0.4 is 10.6 Å². The number of halogens is 1. The number of fused-ring (bicyclic) bond motifs is 1. The van der Waals surface area contributed by atoms with Crippen molar-refractivity contribution in [3.05, 3.63) is 65.1 Å². The van der Waals surface area contributed by atoms with Crippen LogP contribution in [0.25, 0.3) is 23.1 Å². The molecular formula is C22H25ClN4O. The molecule has 0 saturated carbocycles. The van der Waals surface area contributed by atoms with E-state index in [1.54, 1.807) is 12.4 Å². The summed E-state index contributed by atoms with van der Waals surface area (Å²) in [7, 11) is 0. The van der Waals surface area contributed by atoms with Crippen molar-refractivity contribution in [2.24, 2.45) is 0 Å². The molecule has 3 aromatic rings. The maximum absolute atomic E-state index is 8.78. The number of pyridine rings is 2. The molecule has 2 aromatic heterocycles. The van der Waals surface area contributed by atoms with Crippen LogP contribution in [0, 0.1) is 0 Å². The van der Waals surface area contributed by atoms with Crippen LogP contribution in [-0.4, -0.2) is 41.3 Å². The van der Waals surface area contributed by atoms with Gasteiger partial charge in [0, 0.05) is 41.6 Å². The standard InChI is InChI=1S/C22H25ClN4O/c23-18-4-6-21-20(15-18)22(26-10-2-1-9-24-13-14-28)16-19(27-21)5-3-17-7-11-25-12-8-17/h3-8,11-12,15-16,24,28H,1-2,9-10,13-14H2,(H,26,27)/b5-3+. The highest BCUT2D eigenvalue weighted by atomic mass is 35.5. The number of aliphatic hydroxyl groups excluding tert-OH is 1. The summed E-state index contributed by atoms with van der Waals surface area (Å²) in [4.78, 5) is 8.78. The number of hydrogen-bond acceptors (Lipinski definition) is 5. The molecule has 146 valence electrons. The van der Waals surface area contributed by atoms with E-state index in [2.05, 4.69) is 21.7 Å². The predicted octanol–water partition coefficient (Wildman–Crippen LogP) is 4.23. The van der Waals surface area contributed by atoms with Gasteiger partial charge in [0.25, 0.3) is 0 Å². The van der Waals surface area contributed by atoms with Gasteiger partial charge in [0.2, 0.25) is 0 Å². The summed E-state index contributed by atoms with van der Waals surface area (Å²) in [5, 5.41) is 17.2. The first-order valence-corrected chi connectivity index (χ1v) is 9.88. The van der Waals surface area contributed by atoms with E-state index in [0.29, 0.717) is 11.6 Å². The van der Waals surface area contributed by atoms with Crippen molar-refractivity contribution < 1.29 is 5.11 Å². The molecule has 2 heterocycles. The number of unbranched alkanes of at least 4 members (excludes halogenated alkanes) is 1. The Morgan fingerprint density at radius 2 is 1.79 bits per heavy atom. The fraction of sp³-hybridized carbons (Fsp3) is 0.273. The second-order valence-corrected chi connectivity index (χ2v) is 6.91. The molecule has 0 amide bonds. The molecule has 6 heteroatoms. The lowest BCUT2D eigenvalue weighted by Gasteiger charge is -2.11. The third kappa shape index (κ3) is 6.02. The van der Waals surface area contributed by atoms with Crippen molar-refractivity contribution in [1.29, 1.82) is 0 Å². The Morgan fingerprint density at radius 3 is 2.61 bits per heavy atom. The summed E-state index contributed by atoms with van der Waals surface area (Å²) in [6.07, 6.45) is 9.67. The van der Waals surface area contributed by atoms with Crippen LogP contribution >= 0.6 is 11.6 Å². The SMILES string of the molecule is OCCNCCCCNc1cc(/C=C/c2ccncc2)nc2ccc(Cl)cc12. The van der Waals surface area contributed by atoms with Gasteiger partial charge in [-0.05, 0) is 67.4 Å². The molecule has 0 bridgehead atoms. The molecule has 0 aliphatic rings. The topological polar surface area (TPSA) is 70.1 Å². The molecule has 0 aliphatic heterocycles. The second kappa shape index (κ2) is 10.8. The van der Waals surface area contributed by atoms with Crippen LogP contribution in [0.1, 0.15) is 24.1 Å². The fourth-order valence-electron chi connectivity index (χ4n) is 2.91. The van der Waals surface area contributed by atoms with E-state index in [0.717, 1.165) is 53.8 Å². The number of rotatable bonds is 10. The average Bonchev–Trinajstić information content (AvgIpc) is 2.72. The minimum absolute atomic E-state index is 0.178. The number of benzene rings is 1. The highest BCUT2D eigenvalue weighted by molar-refractivity contribution is 6.31. The average molecular weight is 397 g/mol. The smallest absolute Gasteiger partial charge is 0.0731 e. The van der Waals surface area contributed by atoms with Crippen molar-refractivity contribution in [2.45, 2.75) is 12.8 Å². The first kappa shape index (κ1) is 20.3. The Balaban J connectivity index is 1.73. The molecule has 0 unspecified atom stereocenters. The zero-order chi connectivity index (χ0) is 19.6. The van der Waals surface area contributed by atoms with Gasteiger partial charge in [-0.3, -0.25) is 4.98 Å². The fourth-order valence-corrected chi connectivity index (χ4v) is 3.08. The quantitative estimate of drug-likeness (QED) is 0.447. The third-order valence-corrected chi connectivity index (χ3v) is 4.56. The van der Waals surface area contributed by atoms with E-state index >= 15 is 0 Å². The Hall–Kier alpha value is -2.47. The predicted molar refractivity (Wildman–Crippen MR) is 118 cm³/mol. The Morgan fingerprint density at radius 1 is 0.964 bits per heavy atom. The van der Waals surface area contributed by atoms with E-state index < -0.39 is 0 Å². The highest BCUT2D eigenvalue weighted by Crippen LogP contribution is 2.27. The van der Waals surface area contributed by atoms with Crippen LogP contribution in [0.3, 0.4) is 0 Å². The lowest BCUT2D eigenvalue weighted by molar-refractivity contribution is 0.292. The number of anilines is 1. The van der Waals surface area contributed by atoms with Crippen LogP contribution in [0.4, 0.5) is 5.69 Å². The number of nitrogens with one attached hydrogen (secondary N) is 2. The van der Waals surface area contributed by atoms with Gasteiger partial charge in [-0.15, -0.1) is 0 Å². The van der Waals surface area contributed by atoms with Crippen LogP contribution in [0.15, 0.2) is 48.8 Å². The van der Waals surface area contributed by atoms with Crippen molar-refractivity contribution >= 4 is 40.3 Å². The summed E-state index contributed by atoms with van der Waals surface area (Å²) in [5.41, 5.74) is 3.91. The third-order valence-electron chi connectivity index (χ3n) is 4.33. The molecule has 3 rings (SSSR count). The van der Waals surface area contributed by atoms with Gasteiger partial charge < -0.3 is 15.7 Å². The van der Waals surface area contributed by atoms with Gasteiger partial charge >= 0.3 is 0 Å². The molecular weight excluding hydrogens is 372 g/mol. The highest BCUT2D eigenvalue weighted by Gasteiger charge is 2.05. The number of aromatic nitrogens is 2. The molecule has 28 heavy (non-hydrogen) atoms. The minimum atomic E-state index is 0.178. The largest absolute Gasteiger partial charge is 0.395 e. The second-order valence-electron chi connectivity index (χ2n) is 6.48. The van der Waals surface area contributed by atoms with E-state index in [1.807, 2.05) is 42.5 Å². The Kier molecular flexibility index (Phi) is 7.79. The maximum atomic E-state index is 8.78. The van der Waals surface area contributed by atoms with Crippen LogP contribution in [0.5, 0.6) is 0 Å². The molecule has 5 nitrogen and oxygen atoms in total. The summed E-state index contributed by atoms with van der Waals surface area (Å²) < 4.78 is 0. The lowest BCUT2D eigenvalue weighted by atomic mass is 10.1. The number of aliphatic hydroxyl groups is 1.